The van der Waals surface area contributed by atoms with Crippen molar-refractivity contribution in [1.82, 2.24) is 14.8 Å². The highest BCUT2D eigenvalue weighted by molar-refractivity contribution is 5.87. The number of hydrogen-bond donors (Lipinski definition) is 1. The van der Waals surface area contributed by atoms with Gasteiger partial charge in [0.1, 0.15) is 6.04 Å². The van der Waals surface area contributed by atoms with Crippen LogP contribution in [0.1, 0.15) is 19.8 Å². The van der Waals surface area contributed by atoms with Crippen molar-refractivity contribution in [3.8, 4) is 17.3 Å². The summed E-state index contributed by atoms with van der Waals surface area (Å²) in [4.78, 5) is 14.2. The molecule has 29 heavy (non-hydrogen) atoms. The summed E-state index contributed by atoms with van der Waals surface area (Å²) in [5.41, 5.74) is 3.55. The third kappa shape index (κ3) is 4.03. The number of aromatic nitrogens is 1. The Bertz CT molecular complexity index is 1030. The summed E-state index contributed by atoms with van der Waals surface area (Å²) >= 11 is 0. The second-order valence-corrected chi connectivity index (χ2v) is 7.72. The molecular weight excluding hydrogens is 360 g/mol. The lowest BCUT2D eigenvalue weighted by Crippen LogP contribution is -2.43. The molecule has 1 aliphatic heterocycles. The molecule has 3 aromatic rings. The highest BCUT2D eigenvalue weighted by Gasteiger charge is 2.28. The molecule has 1 aliphatic rings. The van der Waals surface area contributed by atoms with E-state index in [0.717, 1.165) is 19.4 Å². The lowest BCUT2D eigenvalue weighted by Gasteiger charge is -2.22. The summed E-state index contributed by atoms with van der Waals surface area (Å²) in [6.45, 7) is 3.81. The standard InChI is InChI=1S/C24H26N4O/c1-18(26-16-24(29)27-13-7-11-21(27)15-25)17-28-22-12-6-5-10-20(22)14-23(28)19-8-3-2-4-9-19/h2-6,8-10,12,14,18,21,26H,7,11,13,16-17H2,1H3/t18?,21-/m0/s1. The minimum atomic E-state index is -0.266. The predicted octanol–water partition coefficient (Wildman–Crippen LogP) is 3.80. The van der Waals surface area contributed by atoms with E-state index in [4.69, 9.17) is 0 Å². The van der Waals surface area contributed by atoms with E-state index in [9.17, 15) is 10.1 Å². The van der Waals surface area contributed by atoms with Crippen LogP contribution in [0.4, 0.5) is 0 Å². The van der Waals surface area contributed by atoms with Gasteiger partial charge in [0.25, 0.3) is 0 Å². The highest BCUT2D eigenvalue weighted by atomic mass is 16.2. The van der Waals surface area contributed by atoms with Gasteiger partial charge in [0.2, 0.25) is 5.91 Å². The van der Waals surface area contributed by atoms with E-state index in [0.29, 0.717) is 6.54 Å². The molecule has 1 fully saturated rings. The smallest absolute Gasteiger partial charge is 0.237 e. The largest absolute Gasteiger partial charge is 0.339 e. The topological polar surface area (TPSA) is 61.1 Å². The Hall–Kier alpha value is -3.10. The first-order valence-electron chi connectivity index (χ1n) is 10.2. The molecule has 0 radical (unpaired) electrons. The SMILES string of the molecule is CC(Cn1c(-c2ccccc2)cc2ccccc21)NCC(=O)N1CCC[C@H]1C#N. The molecule has 1 amide bonds. The summed E-state index contributed by atoms with van der Waals surface area (Å²) in [7, 11) is 0. The van der Waals surface area contributed by atoms with Crippen molar-refractivity contribution in [3.63, 3.8) is 0 Å². The molecule has 2 atom stereocenters. The Morgan fingerprint density at radius 1 is 1.21 bits per heavy atom. The van der Waals surface area contributed by atoms with Crippen molar-refractivity contribution in [3.05, 3.63) is 60.7 Å². The van der Waals surface area contributed by atoms with Gasteiger partial charge in [0.05, 0.1) is 12.6 Å². The van der Waals surface area contributed by atoms with Crippen molar-refractivity contribution in [2.75, 3.05) is 13.1 Å². The molecular formula is C24H26N4O. The summed E-state index contributed by atoms with van der Waals surface area (Å²) in [6.07, 6.45) is 1.70. The van der Waals surface area contributed by atoms with Crippen LogP contribution in [0, 0.1) is 11.3 Å². The number of nitrogens with zero attached hydrogens (tertiary/aromatic N) is 3. The van der Waals surface area contributed by atoms with Gasteiger partial charge in [0, 0.05) is 35.7 Å². The maximum atomic E-state index is 12.5. The normalized spacial score (nSPS) is 17.4. The molecule has 1 unspecified atom stereocenters. The van der Waals surface area contributed by atoms with Crippen LogP contribution >= 0.6 is 0 Å². The zero-order chi connectivity index (χ0) is 20.2. The minimum Gasteiger partial charge on any atom is -0.339 e. The average Bonchev–Trinajstić information content (AvgIpc) is 3.38. The van der Waals surface area contributed by atoms with Crippen LogP contribution in [0.3, 0.4) is 0 Å². The molecule has 5 nitrogen and oxygen atoms in total. The molecule has 4 rings (SSSR count). The number of para-hydroxylation sites is 1. The highest BCUT2D eigenvalue weighted by Crippen LogP contribution is 2.28. The van der Waals surface area contributed by atoms with Gasteiger partial charge in [-0.1, -0.05) is 48.5 Å². The molecule has 0 bridgehead atoms. The van der Waals surface area contributed by atoms with E-state index < -0.39 is 0 Å². The number of nitriles is 1. The maximum absolute atomic E-state index is 12.5. The number of amides is 1. The molecule has 5 heteroatoms. The Kier molecular flexibility index (Phi) is 5.64. The van der Waals surface area contributed by atoms with E-state index in [1.165, 1.54) is 22.2 Å². The molecule has 1 aromatic heterocycles. The second kappa shape index (κ2) is 8.50. The van der Waals surface area contributed by atoms with Gasteiger partial charge < -0.3 is 14.8 Å². The van der Waals surface area contributed by atoms with Crippen LogP contribution < -0.4 is 5.32 Å². The number of rotatable bonds is 6. The third-order valence-electron chi connectivity index (χ3n) is 5.66. The van der Waals surface area contributed by atoms with Gasteiger partial charge in [-0.2, -0.15) is 5.26 Å². The van der Waals surface area contributed by atoms with Crippen molar-refractivity contribution >= 4 is 16.8 Å². The summed E-state index contributed by atoms with van der Waals surface area (Å²) < 4.78 is 2.32. The van der Waals surface area contributed by atoms with Crippen molar-refractivity contribution in [2.45, 2.75) is 38.4 Å². The van der Waals surface area contributed by atoms with Gasteiger partial charge >= 0.3 is 0 Å². The van der Waals surface area contributed by atoms with E-state index >= 15 is 0 Å². The monoisotopic (exact) mass is 386 g/mol. The van der Waals surface area contributed by atoms with Gasteiger partial charge in [-0.05, 0) is 37.5 Å². The second-order valence-electron chi connectivity index (χ2n) is 7.72. The fourth-order valence-corrected chi connectivity index (χ4v) is 4.16. The van der Waals surface area contributed by atoms with Crippen LogP contribution in [0.2, 0.25) is 0 Å². The maximum Gasteiger partial charge on any atom is 0.237 e. The predicted molar refractivity (Wildman–Crippen MR) is 115 cm³/mol. The molecule has 2 heterocycles. The fraction of sp³-hybridized carbons (Fsp3) is 0.333. The Labute approximate surface area is 171 Å². The van der Waals surface area contributed by atoms with Crippen LogP contribution in [-0.2, 0) is 11.3 Å². The van der Waals surface area contributed by atoms with Crippen molar-refractivity contribution in [2.24, 2.45) is 0 Å². The zero-order valence-corrected chi connectivity index (χ0v) is 16.7. The summed E-state index contributed by atoms with van der Waals surface area (Å²) in [5.74, 6) is 0.0153. The number of carbonyl (C=O) groups excluding carboxylic acids is 1. The molecule has 0 saturated carbocycles. The van der Waals surface area contributed by atoms with Gasteiger partial charge in [-0.25, -0.2) is 0 Å². The van der Waals surface area contributed by atoms with Crippen LogP contribution in [0.25, 0.3) is 22.2 Å². The van der Waals surface area contributed by atoms with Crippen LogP contribution in [-0.4, -0.2) is 40.5 Å². The van der Waals surface area contributed by atoms with Crippen LogP contribution in [0.5, 0.6) is 0 Å². The fourth-order valence-electron chi connectivity index (χ4n) is 4.16. The average molecular weight is 386 g/mol. The van der Waals surface area contributed by atoms with Crippen molar-refractivity contribution in [1.29, 1.82) is 5.26 Å². The molecule has 2 aromatic carbocycles. The number of nitrogens with one attached hydrogen (secondary N) is 1. The number of likely N-dealkylation sites (tertiary alicyclic amines) is 1. The molecule has 0 aliphatic carbocycles. The van der Waals surface area contributed by atoms with E-state index in [2.05, 4.69) is 77.5 Å². The summed E-state index contributed by atoms with van der Waals surface area (Å²) in [5, 5.41) is 13.8. The number of benzene rings is 2. The lowest BCUT2D eigenvalue weighted by atomic mass is 10.1. The number of fused-ring (bicyclic) bond motifs is 1. The van der Waals surface area contributed by atoms with E-state index in [-0.39, 0.29) is 24.5 Å². The molecule has 148 valence electrons. The first-order valence-corrected chi connectivity index (χ1v) is 10.2. The summed E-state index contributed by atoms with van der Waals surface area (Å²) in [6, 6.07) is 23.1. The number of hydrogen-bond acceptors (Lipinski definition) is 3. The first kappa shape index (κ1) is 19.2. The minimum absolute atomic E-state index is 0.0153. The number of carbonyl (C=O) groups is 1. The lowest BCUT2D eigenvalue weighted by molar-refractivity contribution is -0.130. The van der Waals surface area contributed by atoms with Crippen molar-refractivity contribution < 1.29 is 4.79 Å². The van der Waals surface area contributed by atoms with Gasteiger partial charge in [-0.15, -0.1) is 0 Å². The Morgan fingerprint density at radius 2 is 1.97 bits per heavy atom. The van der Waals surface area contributed by atoms with Gasteiger partial charge in [0.15, 0.2) is 0 Å². The zero-order valence-electron chi connectivity index (χ0n) is 16.7. The van der Waals surface area contributed by atoms with Gasteiger partial charge in [-0.3, -0.25) is 4.79 Å². The molecule has 1 N–H and O–H groups in total. The third-order valence-corrected chi connectivity index (χ3v) is 5.66. The Morgan fingerprint density at radius 3 is 2.76 bits per heavy atom. The first-order chi connectivity index (χ1) is 14.2. The van der Waals surface area contributed by atoms with E-state index in [1.807, 2.05) is 6.07 Å². The molecule has 0 spiro atoms. The quantitative estimate of drug-likeness (QED) is 0.701. The Balaban J connectivity index is 1.50. The van der Waals surface area contributed by atoms with E-state index in [1.54, 1.807) is 4.90 Å². The molecule has 1 saturated heterocycles. The van der Waals surface area contributed by atoms with Crippen LogP contribution in [0.15, 0.2) is 60.7 Å².